The lowest BCUT2D eigenvalue weighted by Gasteiger charge is -1.89. The Labute approximate surface area is 77.0 Å². The zero-order chi connectivity index (χ0) is 9.52. The topological polar surface area (TPSA) is 45.9 Å². The van der Waals surface area contributed by atoms with E-state index in [1.165, 1.54) is 0 Å². The monoisotopic (exact) mass is 172 g/mol. The molecular formula is C10H8N2O. The molecule has 1 aromatic rings. The van der Waals surface area contributed by atoms with E-state index in [-0.39, 0.29) is 0 Å². The van der Waals surface area contributed by atoms with Gasteiger partial charge in [-0.15, -0.1) is 0 Å². The summed E-state index contributed by atoms with van der Waals surface area (Å²) in [7, 11) is 1.58. The first kappa shape index (κ1) is 9.25. The average molecular weight is 172 g/mol. The molecule has 64 valence electrons. The Bertz CT molecular complexity index is 382. The van der Waals surface area contributed by atoms with Crippen LogP contribution in [0.25, 0.3) is 0 Å². The highest BCUT2D eigenvalue weighted by molar-refractivity contribution is 5.32. The molecule has 0 aliphatic heterocycles. The Kier molecular flexibility index (Phi) is 3.50. The minimum absolute atomic E-state index is 0.373. The number of hydrogen-bond acceptors (Lipinski definition) is 3. The highest BCUT2D eigenvalue weighted by Gasteiger charge is 1.91. The lowest BCUT2D eigenvalue weighted by atomic mass is 10.3. The maximum absolute atomic E-state index is 8.55. The Hall–Kier alpha value is -1.84. The summed E-state index contributed by atoms with van der Waals surface area (Å²) in [5, 5.41) is 8.55. The summed E-state index contributed by atoms with van der Waals surface area (Å²) < 4.78 is 4.75. The first-order valence-corrected chi connectivity index (χ1v) is 3.72. The smallest absolute Gasteiger partial charge is 0.141 e. The van der Waals surface area contributed by atoms with Gasteiger partial charge in [0.2, 0.25) is 0 Å². The molecule has 0 spiro atoms. The summed E-state index contributed by atoms with van der Waals surface area (Å²) in [6, 6.07) is 7.09. The number of rotatable bonds is 1. The molecule has 0 bridgehead atoms. The Balaban J connectivity index is 2.81. The third-order valence-electron chi connectivity index (χ3n) is 1.30. The quantitative estimate of drug-likeness (QED) is 0.592. The van der Waals surface area contributed by atoms with Gasteiger partial charge in [-0.2, -0.15) is 5.26 Å². The average Bonchev–Trinajstić information content (AvgIpc) is 2.19. The van der Waals surface area contributed by atoms with Gasteiger partial charge in [0.05, 0.1) is 0 Å². The van der Waals surface area contributed by atoms with E-state index in [1.807, 2.05) is 6.07 Å². The largest absolute Gasteiger partial charge is 0.372 e. The standard InChI is InChI=1S/C10H8N2O/c1-13-7-3-6-9-4-2-5-10(8-11)12-9/h2,4-5H,7H2,1H3. The molecule has 0 aliphatic carbocycles. The van der Waals surface area contributed by atoms with Crippen molar-refractivity contribution in [2.75, 3.05) is 13.7 Å². The minimum Gasteiger partial charge on any atom is -0.372 e. The predicted molar refractivity (Wildman–Crippen MR) is 47.7 cm³/mol. The Morgan fingerprint density at radius 2 is 2.23 bits per heavy atom. The molecule has 0 unspecified atom stereocenters. The van der Waals surface area contributed by atoms with Crippen LogP contribution in [-0.2, 0) is 4.74 Å². The van der Waals surface area contributed by atoms with Crippen LogP contribution in [0.1, 0.15) is 11.4 Å². The fourth-order valence-electron chi connectivity index (χ4n) is 0.765. The summed E-state index contributed by atoms with van der Waals surface area (Å²) in [4.78, 5) is 3.97. The molecule has 13 heavy (non-hydrogen) atoms. The molecule has 3 nitrogen and oxygen atoms in total. The first-order chi connectivity index (χ1) is 6.36. The summed E-state index contributed by atoms with van der Waals surface area (Å²) >= 11 is 0. The fourth-order valence-corrected chi connectivity index (χ4v) is 0.765. The number of aromatic nitrogens is 1. The van der Waals surface area contributed by atoms with Crippen LogP contribution in [0.15, 0.2) is 18.2 Å². The minimum atomic E-state index is 0.373. The zero-order valence-corrected chi connectivity index (χ0v) is 7.24. The van der Waals surface area contributed by atoms with E-state index in [9.17, 15) is 0 Å². The molecule has 0 N–H and O–H groups in total. The summed E-state index contributed by atoms with van der Waals surface area (Å²) in [6.07, 6.45) is 0. The fraction of sp³-hybridized carbons (Fsp3) is 0.200. The predicted octanol–water partition coefficient (Wildman–Crippen LogP) is 0.951. The summed E-state index contributed by atoms with van der Waals surface area (Å²) in [6.45, 7) is 0.373. The number of ether oxygens (including phenoxy) is 1. The lowest BCUT2D eigenvalue weighted by Crippen LogP contribution is -1.87. The van der Waals surface area contributed by atoms with E-state index in [4.69, 9.17) is 10.00 Å². The van der Waals surface area contributed by atoms with Crippen LogP contribution in [0.2, 0.25) is 0 Å². The number of nitrogens with zero attached hydrogens (tertiary/aromatic N) is 2. The Morgan fingerprint density at radius 1 is 1.46 bits per heavy atom. The van der Waals surface area contributed by atoms with Crippen LogP contribution in [0.5, 0.6) is 0 Å². The SMILES string of the molecule is COCC#Cc1cccc(C#N)n1. The van der Waals surface area contributed by atoms with Gasteiger partial charge in [0.25, 0.3) is 0 Å². The van der Waals surface area contributed by atoms with Crippen molar-refractivity contribution in [2.45, 2.75) is 0 Å². The third-order valence-corrected chi connectivity index (χ3v) is 1.30. The molecule has 0 amide bonds. The van der Waals surface area contributed by atoms with Crippen molar-refractivity contribution in [2.24, 2.45) is 0 Å². The first-order valence-electron chi connectivity index (χ1n) is 3.72. The number of pyridine rings is 1. The molecule has 1 rings (SSSR count). The van der Waals surface area contributed by atoms with E-state index in [0.29, 0.717) is 18.0 Å². The van der Waals surface area contributed by atoms with Crippen molar-refractivity contribution in [3.63, 3.8) is 0 Å². The van der Waals surface area contributed by atoms with Crippen LogP contribution >= 0.6 is 0 Å². The molecule has 0 atom stereocenters. The van der Waals surface area contributed by atoms with Crippen LogP contribution in [-0.4, -0.2) is 18.7 Å². The highest BCUT2D eigenvalue weighted by atomic mass is 16.5. The van der Waals surface area contributed by atoms with Gasteiger partial charge in [-0.1, -0.05) is 12.0 Å². The normalized spacial score (nSPS) is 8.31. The number of methoxy groups -OCH3 is 1. The summed E-state index contributed by atoms with van der Waals surface area (Å²) in [5.41, 5.74) is 0.973. The van der Waals surface area contributed by atoms with Crippen LogP contribution < -0.4 is 0 Å². The van der Waals surface area contributed by atoms with Gasteiger partial charge in [-0.25, -0.2) is 4.98 Å². The molecule has 0 fully saturated rings. The van der Waals surface area contributed by atoms with Crippen molar-refractivity contribution in [1.82, 2.24) is 4.98 Å². The zero-order valence-electron chi connectivity index (χ0n) is 7.24. The van der Waals surface area contributed by atoms with Gasteiger partial charge in [-0.05, 0) is 18.1 Å². The maximum Gasteiger partial charge on any atom is 0.141 e. The van der Waals surface area contributed by atoms with Gasteiger partial charge in [0.1, 0.15) is 24.1 Å². The molecule has 0 saturated heterocycles. The highest BCUT2D eigenvalue weighted by Crippen LogP contribution is 1.95. The van der Waals surface area contributed by atoms with Gasteiger partial charge in [0.15, 0.2) is 0 Å². The van der Waals surface area contributed by atoms with Gasteiger partial charge in [-0.3, -0.25) is 0 Å². The molecule has 0 saturated carbocycles. The van der Waals surface area contributed by atoms with Gasteiger partial charge in [0, 0.05) is 7.11 Å². The maximum atomic E-state index is 8.55. The van der Waals surface area contributed by atoms with Gasteiger partial charge >= 0.3 is 0 Å². The second kappa shape index (κ2) is 4.92. The molecule has 0 aliphatic rings. The van der Waals surface area contributed by atoms with Crippen molar-refractivity contribution in [3.8, 4) is 17.9 Å². The molecule has 0 aromatic carbocycles. The molecule has 0 radical (unpaired) electrons. The second-order valence-electron chi connectivity index (χ2n) is 2.25. The molecule has 1 heterocycles. The van der Waals surface area contributed by atoms with Gasteiger partial charge < -0.3 is 4.74 Å². The van der Waals surface area contributed by atoms with Crippen LogP contribution in [0.4, 0.5) is 0 Å². The van der Waals surface area contributed by atoms with E-state index in [2.05, 4.69) is 16.8 Å². The van der Waals surface area contributed by atoms with Crippen molar-refractivity contribution in [1.29, 1.82) is 5.26 Å². The molecular weight excluding hydrogens is 164 g/mol. The van der Waals surface area contributed by atoms with E-state index in [0.717, 1.165) is 0 Å². The van der Waals surface area contributed by atoms with Crippen LogP contribution in [0, 0.1) is 23.2 Å². The van der Waals surface area contributed by atoms with E-state index < -0.39 is 0 Å². The van der Waals surface area contributed by atoms with E-state index >= 15 is 0 Å². The summed E-state index contributed by atoms with van der Waals surface area (Å²) in [5.74, 6) is 5.54. The van der Waals surface area contributed by atoms with Crippen LogP contribution in [0.3, 0.4) is 0 Å². The third kappa shape index (κ3) is 2.94. The lowest BCUT2D eigenvalue weighted by molar-refractivity contribution is 0.240. The second-order valence-corrected chi connectivity index (χ2v) is 2.25. The number of nitriles is 1. The van der Waals surface area contributed by atoms with Crippen molar-refractivity contribution >= 4 is 0 Å². The van der Waals surface area contributed by atoms with Crippen molar-refractivity contribution in [3.05, 3.63) is 29.6 Å². The van der Waals surface area contributed by atoms with Crippen molar-refractivity contribution < 1.29 is 4.74 Å². The Morgan fingerprint density at radius 3 is 2.92 bits per heavy atom. The molecule has 3 heteroatoms. The van der Waals surface area contributed by atoms with E-state index in [1.54, 1.807) is 25.3 Å². The molecule has 1 aromatic heterocycles. The number of hydrogen-bond donors (Lipinski definition) is 0.